The molecular formula is C17H14ClNO4S. The number of furan rings is 1. The summed E-state index contributed by atoms with van der Waals surface area (Å²) < 4.78 is 11.3. The topological polar surface area (TPSA) is 68.5 Å². The van der Waals surface area contributed by atoms with Gasteiger partial charge in [-0.2, -0.15) is 0 Å². The van der Waals surface area contributed by atoms with Crippen LogP contribution in [0.5, 0.6) is 0 Å². The molecule has 124 valence electrons. The van der Waals surface area contributed by atoms with E-state index in [1.54, 1.807) is 13.0 Å². The summed E-state index contributed by atoms with van der Waals surface area (Å²) in [5.74, 6) is -0.866. The van der Waals surface area contributed by atoms with E-state index < -0.39 is 17.9 Å². The lowest BCUT2D eigenvalue weighted by Crippen LogP contribution is -2.39. The summed E-state index contributed by atoms with van der Waals surface area (Å²) >= 11 is 7.79. The number of hydrogen-bond acceptors (Lipinski definition) is 5. The van der Waals surface area contributed by atoms with Crippen LogP contribution in [0.4, 0.5) is 0 Å². The van der Waals surface area contributed by atoms with E-state index in [0.29, 0.717) is 5.02 Å². The van der Waals surface area contributed by atoms with Crippen molar-refractivity contribution in [2.24, 2.45) is 0 Å². The van der Waals surface area contributed by atoms with Crippen molar-refractivity contribution in [3.63, 3.8) is 0 Å². The summed E-state index contributed by atoms with van der Waals surface area (Å²) in [5.41, 5.74) is 0. The number of thiophene rings is 1. The van der Waals surface area contributed by atoms with Crippen LogP contribution in [0.2, 0.25) is 5.02 Å². The van der Waals surface area contributed by atoms with Gasteiger partial charge in [0.2, 0.25) is 0 Å². The summed E-state index contributed by atoms with van der Waals surface area (Å²) in [4.78, 5) is 24.7. The maximum absolute atomic E-state index is 12.0. The predicted molar refractivity (Wildman–Crippen MR) is 92.3 cm³/mol. The average Bonchev–Trinajstić information content (AvgIpc) is 3.21. The minimum atomic E-state index is -0.796. The molecule has 0 aliphatic heterocycles. The fourth-order valence-corrected chi connectivity index (χ4v) is 3.55. The highest BCUT2D eigenvalue weighted by atomic mass is 35.5. The van der Waals surface area contributed by atoms with E-state index in [2.05, 4.69) is 5.32 Å². The highest BCUT2D eigenvalue weighted by molar-refractivity contribution is 7.19. The van der Waals surface area contributed by atoms with Gasteiger partial charge in [0.1, 0.15) is 12.6 Å². The van der Waals surface area contributed by atoms with E-state index in [1.165, 1.54) is 23.7 Å². The monoisotopic (exact) mass is 363 g/mol. The van der Waals surface area contributed by atoms with Crippen molar-refractivity contribution in [3.8, 4) is 0 Å². The van der Waals surface area contributed by atoms with Crippen LogP contribution in [0.1, 0.15) is 22.4 Å². The van der Waals surface area contributed by atoms with Crippen LogP contribution in [0.25, 0.3) is 10.1 Å². The zero-order valence-electron chi connectivity index (χ0n) is 12.7. The molecule has 1 atom stereocenters. The van der Waals surface area contributed by atoms with Gasteiger partial charge in [-0.1, -0.05) is 29.8 Å². The first-order chi connectivity index (χ1) is 11.6. The maximum atomic E-state index is 12.0. The van der Waals surface area contributed by atoms with Crippen LogP contribution >= 0.6 is 22.9 Å². The molecule has 3 aromatic rings. The summed E-state index contributed by atoms with van der Waals surface area (Å²) in [7, 11) is 0. The number of rotatable bonds is 5. The molecule has 0 bridgehead atoms. The first kappa shape index (κ1) is 16.5. The van der Waals surface area contributed by atoms with Crippen LogP contribution in [-0.4, -0.2) is 17.9 Å². The quantitative estimate of drug-likeness (QED) is 0.695. The number of carbonyl (C=O) groups is 2. The Balaban J connectivity index is 1.60. The van der Waals surface area contributed by atoms with Gasteiger partial charge in [-0.05, 0) is 25.1 Å². The van der Waals surface area contributed by atoms with Gasteiger partial charge in [0.25, 0.3) is 5.91 Å². The highest BCUT2D eigenvalue weighted by Gasteiger charge is 2.20. The predicted octanol–water partition coefficient (Wildman–Crippen LogP) is 4.01. The molecule has 0 saturated carbocycles. The van der Waals surface area contributed by atoms with Crippen LogP contribution in [0.15, 0.2) is 47.1 Å². The second-order valence-electron chi connectivity index (χ2n) is 5.12. The van der Waals surface area contributed by atoms with Crippen LogP contribution < -0.4 is 5.32 Å². The maximum Gasteiger partial charge on any atom is 0.328 e. The Morgan fingerprint density at radius 3 is 2.79 bits per heavy atom. The Morgan fingerprint density at radius 1 is 1.29 bits per heavy atom. The Labute approximate surface area is 147 Å². The third-order valence-corrected chi connectivity index (χ3v) is 5.08. The molecule has 3 rings (SSSR count). The lowest BCUT2D eigenvalue weighted by atomic mass is 10.2. The molecule has 1 aromatic carbocycles. The van der Waals surface area contributed by atoms with Crippen LogP contribution in [0.3, 0.4) is 0 Å². The molecular weight excluding hydrogens is 350 g/mol. The molecule has 1 amide bonds. The fourth-order valence-electron chi connectivity index (χ4n) is 2.15. The SMILES string of the molecule is C[C@@H](NC(=O)c1ccco1)C(=O)OCc1sc2ccccc2c1Cl. The van der Waals surface area contributed by atoms with Gasteiger partial charge in [0, 0.05) is 10.1 Å². The lowest BCUT2D eigenvalue weighted by molar-refractivity contribution is -0.146. The molecule has 0 fully saturated rings. The molecule has 2 aromatic heterocycles. The molecule has 0 radical (unpaired) electrons. The van der Waals surface area contributed by atoms with E-state index in [9.17, 15) is 9.59 Å². The number of nitrogens with one attached hydrogen (secondary N) is 1. The molecule has 2 heterocycles. The lowest BCUT2D eigenvalue weighted by Gasteiger charge is -2.12. The molecule has 7 heteroatoms. The molecule has 0 aliphatic rings. The van der Waals surface area contributed by atoms with Gasteiger partial charge in [0.05, 0.1) is 16.2 Å². The number of carbonyl (C=O) groups excluding carboxylic acids is 2. The van der Waals surface area contributed by atoms with Crippen molar-refractivity contribution in [2.45, 2.75) is 19.6 Å². The second-order valence-corrected chi connectivity index (χ2v) is 6.63. The van der Waals surface area contributed by atoms with E-state index in [1.807, 2.05) is 24.3 Å². The van der Waals surface area contributed by atoms with Crippen molar-refractivity contribution >= 4 is 44.9 Å². The molecule has 0 aliphatic carbocycles. The summed E-state index contributed by atoms with van der Waals surface area (Å²) in [6.07, 6.45) is 1.39. The Morgan fingerprint density at radius 2 is 2.08 bits per heavy atom. The number of hydrogen-bond donors (Lipinski definition) is 1. The summed E-state index contributed by atoms with van der Waals surface area (Å²) in [6, 6.07) is 10.0. The number of benzene rings is 1. The Hall–Kier alpha value is -2.31. The Bertz CT molecular complexity index is 872. The number of esters is 1. The largest absolute Gasteiger partial charge is 0.459 e. The number of amides is 1. The third kappa shape index (κ3) is 3.44. The standard InChI is InChI=1S/C17H14ClNO4S/c1-10(19-16(20)12-6-4-8-22-12)17(21)23-9-14-15(18)11-5-2-3-7-13(11)24-14/h2-8,10H,9H2,1H3,(H,19,20)/t10-/m1/s1. The van der Waals surface area contributed by atoms with Gasteiger partial charge in [-0.3, -0.25) is 4.79 Å². The second kappa shape index (κ2) is 7.07. The van der Waals surface area contributed by atoms with E-state index in [0.717, 1.165) is 15.0 Å². The van der Waals surface area contributed by atoms with Gasteiger partial charge >= 0.3 is 5.97 Å². The normalized spacial score (nSPS) is 12.1. The third-order valence-electron chi connectivity index (χ3n) is 3.39. The van der Waals surface area contributed by atoms with Crippen molar-refractivity contribution in [1.29, 1.82) is 0 Å². The number of halogens is 1. The molecule has 24 heavy (non-hydrogen) atoms. The van der Waals surface area contributed by atoms with Crippen molar-refractivity contribution in [1.82, 2.24) is 5.32 Å². The minimum Gasteiger partial charge on any atom is -0.459 e. The highest BCUT2D eigenvalue weighted by Crippen LogP contribution is 2.35. The van der Waals surface area contributed by atoms with Gasteiger partial charge in [-0.25, -0.2) is 4.79 Å². The van der Waals surface area contributed by atoms with Crippen molar-refractivity contribution in [3.05, 3.63) is 58.3 Å². The van der Waals surface area contributed by atoms with Crippen LogP contribution in [-0.2, 0) is 16.1 Å². The molecule has 5 nitrogen and oxygen atoms in total. The van der Waals surface area contributed by atoms with Crippen LogP contribution in [0, 0.1) is 0 Å². The number of fused-ring (bicyclic) bond motifs is 1. The molecule has 0 unspecified atom stereocenters. The summed E-state index contributed by atoms with van der Waals surface area (Å²) in [6.45, 7) is 1.62. The summed E-state index contributed by atoms with van der Waals surface area (Å²) in [5, 5.41) is 4.06. The molecule has 0 spiro atoms. The zero-order chi connectivity index (χ0) is 17.1. The average molecular weight is 364 g/mol. The first-order valence-electron chi connectivity index (χ1n) is 7.23. The van der Waals surface area contributed by atoms with Gasteiger partial charge in [0.15, 0.2) is 5.76 Å². The minimum absolute atomic E-state index is 0.0674. The molecule has 1 N–H and O–H groups in total. The fraction of sp³-hybridized carbons (Fsp3) is 0.176. The van der Waals surface area contributed by atoms with Gasteiger partial charge < -0.3 is 14.5 Å². The van der Waals surface area contributed by atoms with Gasteiger partial charge in [-0.15, -0.1) is 11.3 Å². The first-order valence-corrected chi connectivity index (χ1v) is 8.42. The zero-order valence-corrected chi connectivity index (χ0v) is 14.3. The number of ether oxygens (including phenoxy) is 1. The van der Waals surface area contributed by atoms with E-state index >= 15 is 0 Å². The van der Waals surface area contributed by atoms with Crippen molar-refractivity contribution in [2.75, 3.05) is 0 Å². The van der Waals surface area contributed by atoms with E-state index in [4.69, 9.17) is 20.8 Å². The Kier molecular flexibility index (Phi) is 4.87. The van der Waals surface area contributed by atoms with E-state index in [-0.39, 0.29) is 12.4 Å². The smallest absolute Gasteiger partial charge is 0.328 e. The van der Waals surface area contributed by atoms with Crippen molar-refractivity contribution < 1.29 is 18.7 Å². The molecule has 0 saturated heterocycles.